The first-order valence-electron chi connectivity index (χ1n) is 10.5. The maximum Gasteiger partial charge on any atom is 0.00613 e. The minimum absolute atomic E-state index is 0.179. The van der Waals surface area contributed by atoms with Crippen LogP contribution in [0.3, 0.4) is 0 Å². The van der Waals surface area contributed by atoms with Crippen LogP contribution >= 0.6 is 0 Å². The molecule has 27 heavy (non-hydrogen) atoms. The lowest BCUT2D eigenvalue weighted by molar-refractivity contribution is 0.248. The lowest BCUT2D eigenvalue weighted by atomic mass is 9.75. The highest BCUT2D eigenvalue weighted by atomic mass is 14.3. The Balaban J connectivity index is 2.41. The number of aryl methyl sites for hydroxylation is 2. The van der Waals surface area contributed by atoms with Crippen molar-refractivity contribution in [3.8, 4) is 0 Å². The molecular formula is C27H40. The van der Waals surface area contributed by atoms with Gasteiger partial charge in [0.05, 0.1) is 0 Å². The topological polar surface area (TPSA) is 0 Å². The molecule has 148 valence electrons. The van der Waals surface area contributed by atoms with Gasteiger partial charge in [-0.25, -0.2) is 0 Å². The van der Waals surface area contributed by atoms with Crippen LogP contribution in [0.15, 0.2) is 36.4 Å². The van der Waals surface area contributed by atoms with Crippen molar-refractivity contribution in [3.05, 3.63) is 69.8 Å². The van der Waals surface area contributed by atoms with Gasteiger partial charge >= 0.3 is 0 Å². The van der Waals surface area contributed by atoms with Crippen LogP contribution < -0.4 is 0 Å². The van der Waals surface area contributed by atoms with Crippen molar-refractivity contribution in [3.63, 3.8) is 0 Å². The summed E-state index contributed by atoms with van der Waals surface area (Å²) in [4.78, 5) is 0. The van der Waals surface area contributed by atoms with Crippen molar-refractivity contribution in [2.75, 3.05) is 0 Å². The first kappa shape index (κ1) is 21.7. The summed E-state index contributed by atoms with van der Waals surface area (Å²) in [5, 5.41) is 0. The van der Waals surface area contributed by atoms with Crippen molar-refractivity contribution < 1.29 is 0 Å². The van der Waals surface area contributed by atoms with Crippen molar-refractivity contribution in [1.82, 2.24) is 0 Å². The zero-order chi connectivity index (χ0) is 20.6. The van der Waals surface area contributed by atoms with Crippen molar-refractivity contribution in [2.45, 2.75) is 87.0 Å². The molecule has 0 heteroatoms. The van der Waals surface area contributed by atoms with Gasteiger partial charge in [-0.05, 0) is 64.8 Å². The normalized spacial score (nSPS) is 13.9. The van der Waals surface area contributed by atoms with E-state index in [9.17, 15) is 0 Å². The SMILES string of the molecule is Cc1cc(CC(C)(C)C(C)C)cc(C(C)c2ccc(C)c(C(C)(C)C)c2)c1. The molecule has 0 aliphatic heterocycles. The summed E-state index contributed by atoms with van der Waals surface area (Å²) >= 11 is 0. The molecule has 0 N–H and O–H groups in total. The van der Waals surface area contributed by atoms with Crippen LogP contribution in [0.25, 0.3) is 0 Å². The standard InChI is InChI=1S/C27H40/c1-18(2)27(9,10)17-22-13-19(3)14-24(15-22)21(5)23-12-11-20(4)25(16-23)26(6,7)8/h11-16,18,21H,17H2,1-10H3. The highest BCUT2D eigenvalue weighted by Gasteiger charge is 2.24. The molecule has 0 nitrogen and oxygen atoms in total. The van der Waals surface area contributed by atoms with Gasteiger partial charge in [-0.3, -0.25) is 0 Å². The molecule has 2 aromatic carbocycles. The van der Waals surface area contributed by atoms with Crippen molar-refractivity contribution >= 4 is 0 Å². The quantitative estimate of drug-likeness (QED) is 0.504. The van der Waals surface area contributed by atoms with Crippen LogP contribution in [-0.2, 0) is 11.8 Å². The van der Waals surface area contributed by atoms with Gasteiger partial charge in [0.25, 0.3) is 0 Å². The van der Waals surface area contributed by atoms with E-state index >= 15 is 0 Å². The van der Waals surface area contributed by atoms with Crippen LogP contribution in [0, 0.1) is 25.2 Å². The van der Waals surface area contributed by atoms with Gasteiger partial charge in [0.1, 0.15) is 0 Å². The predicted molar refractivity (Wildman–Crippen MR) is 121 cm³/mol. The third-order valence-electron chi connectivity index (χ3n) is 6.45. The second-order valence-electron chi connectivity index (χ2n) is 10.6. The number of hydrogen-bond acceptors (Lipinski definition) is 0. The fraction of sp³-hybridized carbons (Fsp3) is 0.556. The van der Waals surface area contributed by atoms with Crippen LogP contribution in [0.4, 0.5) is 0 Å². The van der Waals surface area contributed by atoms with Crippen molar-refractivity contribution in [1.29, 1.82) is 0 Å². The van der Waals surface area contributed by atoms with Crippen molar-refractivity contribution in [2.24, 2.45) is 11.3 Å². The van der Waals surface area contributed by atoms with E-state index in [0.29, 0.717) is 17.3 Å². The van der Waals surface area contributed by atoms with Gasteiger partial charge in [0, 0.05) is 5.92 Å². The highest BCUT2D eigenvalue weighted by molar-refractivity contribution is 5.42. The van der Waals surface area contributed by atoms with Crippen LogP contribution in [-0.4, -0.2) is 0 Å². The van der Waals surface area contributed by atoms with Gasteiger partial charge in [-0.1, -0.05) is 97.4 Å². The number of hydrogen-bond donors (Lipinski definition) is 0. The monoisotopic (exact) mass is 364 g/mol. The number of benzene rings is 2. The average Bonchev–Trinajstić information content (AvgIpc) is 2.52. The van der Waals surface area contributed by atoms with E-state index in [-0.39, 0.29) is 5.41 Å². The molecule has 0 aliphatic rings. The summed E-state index contributed by atoms with van der Waals surface area (Å²) in [7, 11) is 0. The predicted octanol–water partition coefficient (Wildman–Crippen LogP) is 7.98. The maximum atomic E-state index is 2.44. The molecule has 2 rings (SSSR count). The van der Waals surface area contributed by atoms with Crippen LogP contribution in [0.5, 0.6) is 0 Å². The zero-order valence-electron chi connectivity index (χ0n) is 19.3. The molecule has 0 fully saturated rings. The molecule has 1 unspecified atom stereocenters. The van der Waals surface area contributed by atoms with Crippen LogP contribution in [0.1, 0.15) is 94.7 Å². The molecule has 0 heterocycles. The van der Waals surface area contributed by atoms with E-state index in [2.05, 4.69) is 106 Å². The van der Waals surface area contributed by atoms with Gasteiger partial charge < -0.3 is 0 Å². The first-order chi connectivity index (χ1) is 12.3. The summed E-state index contributed by atoms with van der Waals surface area (Å²) < 4.78 is 0. The molecule has 0 saturated carbocycles. The van der Waals surface area contributed by atoms with Gasteiger partial charge in [0.15, 0.2) is 0 Å². The molecule has 1 atom stereocenters. The molecular weight excluding hydrogens is 324 g/mol. The molecule has 2 aromatic rings. The Labute approximate surface area is 168 Å². The maximum absolute atomic E-state index is 2.44. The molecule has 0 spiro atoms. The molecule has 0 amide bonds. The third-order valence-corrected chi connectivity index (χ3v) is 6.45. The molecule has 0 bridgehead atoms. The molecule has 0 aromatic heterocycles. The summed E-state index contributed by atoms with van der Waals surface area (Å²) in [6, 6.07) is 14.2. The van der Waals surface area contributed by atoms with E-state index in [4.69, 9.17) is 0 Å². The Morgan fingerprint density at radius 2 is 1.41 bits per heavy atom. The zero-order valence-corrected chi connectivity index (χ0v) is 19.3. The van der Waals surface area contributed by atoms with Gasteiger partial charge in [0.2, 0.25) is 0 Å². The third kappa shape index (κ3) is 5.24. The summed E-state index contributed by atoms with van der Waals surface area (Å²) in [6.07, 6.45) is 1.13. The van der Waals surface area contributed by atoms with E-state index in [1.807, 2.05) is 0 Å². The van der Waals surface area contributed by atoms with E-state index in [1.54, 1.807) is 0 Å². The highest BCUT2D eigenvalue weighted by Crippen LogP contribution is 2.34. The molecule has 0 aliphatic carbocycles. The smallest absolute Gasteiger partial charge is 0.00613 e. The molecule has 0 saturated heterocycles. The van der Waals surface area contributed by atoms with E-state index in [1.165, 1.54) is 33.4 Å². The summed E-state index contributed by atoms with van der Waals surface area (Å²) in [5.74, 6) is 1.08. The summed E-state index contributed by atoms with van der Waals surface area (Å²) in [6.45, 7) is 23.2. The minimum Gasteiger partial charge on any atom is -0.0623 e. The Bertz CT molecular complexity index is 784. The van der Waals surface area contributed by atoms with Gasteiger partial charge in [-0.15, -0.1) is 0 Å². The summed E-state index contributed by atoms with van der Waals surface area (Å²) in [5.41, 5.74) is 9.05. The Morgan fingerprint density at radius 3 is 1.96 bits per heavy atom. The van der Waals surface area contributed by atoms with Gasteiger partial charge in [-0.2, -0.15) is 0 Å². The minimum atomic E-state index is 0.179. The fourth-order valence-corrected chi connectivity index (χ4v) is 3.89. The Hall–Kier alpha value is -1.56. The van der Waals surface area contributed by atoms with E-state index in [0.717, 1.165) is 6.42 Å². The largest absolute Gasteiger partial charge is 0.0623 e. The Kier molecular flexibility index (Phi) is 6.30. The second-order valence-corrected chi connectivity index (χ2v) is 10.6. The average molecular weight is 365 g/mol. The number of rotatable bonds is 5. The Morgan fingerprint density at radius 1 is 0.778 bits per heavy atom. The van der Waals surface area contributed by atoms with E-state index < -0.39 is 0 Å². The first-order valence-corrected chi connectivity index (χ1v) is 10.5. The van der Waals surface area contributed by atoms with Crippen LogP contribution in [0.2, 0.25) is 0 Å². The lowest BCUT2D eigenvalue weighted by Crippen LogP contribution is -2.22. The lowest BCUT2D eigenvalue weighted by Gasteiger charge is -2.30. The fourth-order valence-electron chi connectivity index (χ4n) is 3.89. The molecule has 0 radical (unpaired) electrons. The second kappa shape index (κ2) is 7.82.